The third kappa shape index (κ3) is 2.34. The molecule has 130 valence electrons. The molecule has 1 unspecified atom stereocenters. The number of phenolic OH excluding ortho intramolecular Hbond substituents is 2. The zero-order valence-electron chi connectivity index (χ0n) is 13.3. The van der Waals surface area contributed by atoms with Gasteiger partial charge in [0.2, 0.25) is 12.0 Å². The van der Waals surface area contributed by atoms with Gasteiger partial charge in [-0.1, -0.05) is 6.08 Å². The summed E-state index contributed by atoms with van der Waals surface area (Å²) in [6.07, 6.45) is 1.80. The molecule has 0 fully saturated rings. The maximum absolute atomic E-state index is 12.4. The Hall–Kier alpha value is -3.26. The summed E-state index contributed by atoms with van der Waals surface area (Å²) in [5.41, 5.74) is -1.76. The SMILES string of the molecule is CC=Cc1cc2c(c(=O)o1)-c1c(O)c(O)c(OC)c(C=O)c1C(O)O2. The van der Waals surface area contributed by atoms with E-state index in [-0.39, 0.29) is 39.5 Å². The van der Waals surface area contributed by atoms with E-state index < -0.39 is 23.4 Å². The van der Waals surface area contributed by atoms with Crippen molar-refractivity contribution in [3.8, 4) is 34.1 Å². The summed E-state index contributed by atoms with van der Waals surface area (Å²) in [5, 5.41) is 30.7. The number of carbonyl (C=O) groups is 1. The van der Waals surface area contributed by atoms with E-state index in [9.17, 15) is 24.9 Å². The molecule has 1 atom stereocenters. The van der Waals surface area contributed by atoms with Crippen molar-refractivity contribution in [2.24, 2.45) is 0 Å². The number of allylic oxidation sites excluding steroid dienone is 1. The van der Waals surface area contributed by atoms with Crippen molar-refractivity contribution >= 4 is 12.4 Å². The van der Waals surface area contributed by atoms with Crippen LogP contribution >= 0.6 is 0 Å². The first-order valence-electron chi connectivity index (χ1n) is 7.21. The highest BCUT2D eigenvalue weighted by Crippen LogP contribution is 2.53. The maximum atomic E-state index is 12.4. The van der Waals surface area contributed by atoms with Crippen LogP contribution in [0.5, 0.6) is 23.0 Å². The molecule has 25 heavy (non-hydrogen) atoms. The third-order valence-corrected chi connectivity index (χ3v) is 3.80. The van der Waals surface area contributed by atoms with Gasteiger partial charge in [-0.2, -0.15) is 0 Å². The second-order valence-corrected chi connectivity index (χ2v) is 5.20. The van der Waals surface area contributed by atoms with Crippen LogP contribution in [0.15, 0.2) is 21.4 Å². The van der Waals surface area contributed by atoms with E-state index >= 15 is 0 Å². The van der Waals surface area contributed by atoms with Crippen molar-refractivity contribution in [1.29, 1.82) is 0 Å². The van der Waals surface area contributed by atoms with E-state index in [1.807, 2.05) is 0 Å². The Morgan fingerprint density at radius 2 is 1.96 bits per heavy atom. The van der Waals surface area contributed by atoms with Crippen LogP contribution in [-0.4, -0.2) is 28.7 Å². The summed E-state index contributed by atoms with van der Waals surface area (Å²) >= 11 is 0. The summed E-state index contributed by atoms with van der Waals surface area (Å²) in [5.74, 6) is -1.68. The minimum Gasteiger partial charge on any atom is -0.504 e. The van der Waals surface area contributed by atoms with Crippen LogP contribution in [0.3, 0.4) is 0 Å². The van der Waals surface area contributed by atoms with Gasteiger partial charge in [0.05, 0.1) is 12.7 Å². The Labute approximate surface area is 141 Å². The fourth-order valence-corrected chi connectivity index (χ4v) is 2.80. The van der Waals surface area contributed by atoms with Crippen LogP contribution in [0.4, 0.5) is 0 Å². The van der Waals surface area contributed by atoms with Gasteiger partial charge in [0, 0.05) is 17.2 Å². The molecule has 2 heterocycles. The lowest BCUT2D eigenvalue weighted by molar-refractivity contribution is -0.0226. The first kappa shape index (κ1) is 16.6. The van der Waals surface area contributed by atoms with E-state index in [0.717, 1.165) is 0 Å². The molecule has 1 aromatic carbocycles. The first-order chi connectivity index (χ1) is 11.9. The van der Waals surface area contributed by atoms with E-state index in [4.69, 9.17) is 13.9 Å². The smallest absolute Gasteiger partial charge is 0.348 e. The Balaban J connectivity index is 2.45. The molecule has 0 saturated heterocycles. The molecule has 0 radical (unpaired) electrons. The highest BCUT2D eigenvalue weighted by molar-refractivity contribution is 5.94. The number of fused-ring (bicyclic) bond motifs is 3. The topological polar surface area (TPSA) is 126 Å². The fraction of sp³-hybridized carbons (Fsp3) is 0.176. The van der Waals surface area contributed by atoms with E-state index in [1.165, 1.54) is 19.3 Å². The molecule has 0 bridgehead atoms. The van der Waals surface area contributed by atoms with Crippen molar-refractivity contribution < 1.29 is 34.0 Å². The summed E-state index contributed by atoms with van der Waals surface area (Å²) in [7, 11) is 1.18. The molecule has 1 aliphatic heterocycles. The number of carbonyl (C=O) groups excluding carboxylic acids is 1. The Morgan fingerprint density at radius 1 is 1.24 bits per heavy atom. The third-order valence-electron chi connectivity index (χ3n) is 3.80. The molecule has 8 heteroatoms. The number of phenols is 2. The first-order valence-corrected chi connectivity index (χ1v) is 7.21. The summed E-state index contributed by atoms with van der Waals surface area (Å²) in [6.45, 7) is 1.72. The Kier molecular flexibility index (Phi) is 3.97. The van der Waals surface area contributed by atoms with Crippen molar-refractivity contribution in [1.82, 2.24) is 0 Å². The highest BCUT2D eigenvalue weighted by Gasteiger charge is 2.37. The Bertz CT molecular complexity index is 954. The number of aliphatic hydroxyl groups is 1. The largest absolute Gasteiger partial charge is 0.504 e. The van der Waals surface area contributed by atoms with Gasteiger partial charge in [0.25, 0.3) is 0 Å². The van der Waals surface area contributed by atoms with Crippen molar-refractivity contribution in [3.63, 3.8) is 0 Å². The molecule has 0 saturated carbocycles. The van der Waals surface area contributed by atoms with Crippen LogP contribution in [0, 0.1) is 0 Å². The van der Waals surface area contributed by atoms with Gasteiger partial charge >= 0.3 is 5.63 Å². The van der Waals surface area contributed by atoms with Crippen molar-refractivity contribution in [3.05, 3.63) is 39.4 Å². The molecule has 0 spiro atoms. The lowest BCUT2D eigenvalue weighted by Crippen LogP contribution is -2.21. The standard InChI is InChI=1S/C17H14O8/c1-3-4-7-5-9-11(17(22)24-7)12-10(16(21)25-9)8(6-18)15(23-2)14(20)13(12)19/h3-6,16,19-21H,1-2H3. The summed E-state index contributed by atoms with van der Waals surface area (Å²) in [4.78, 5) is 23.8. The van der Waals surface area contributed by atoms with Crippen LogP contribution in [-0.2, 0) is 0 Å². The van der Waals surface area contributed by atoms with Crippen LogP contribution in [0.25, 0.3) is 17.2 Å². The van der Waals surface area contributed by atoms with Gasteiger partial charge in [0.1, 0.15) is 17.1 Å². The minimum atomic E-state index is -1.66. The van der Waals surface area contributed by atoms with Crippen LogP contribution in [0.2, 0.25) is 0 Å². The van der Waals surface area contributed by atoms with Gasteiger partial charge in [-0.05, 0) is 13.0 Å². The van der Waals surface area contributed by atoms with Crippen molar-refractivity contribution in [2.45, 2.75) is 13.2 Å². The predicted molar refractivity (Wildman–Crippen MR) is 86.0 cm³/mol. The molecule has 1 aromatic heterocycles. The van der Waals surface area contributed by atoms with Gasteiger partial charge in [0.15, 0.2) is 17.8 Å². The number of ether oxygens (including phenoxy) is 2. The van der Waals surface area contributed by atoms with E-state index in [2.05, 4.69) is 0 Å². The molecule has 2 aromatic rings. The quantitative estimate of drug-likeness (QED) is 0.568. The van der Waals surface area contributed by atoms with Gasteiger partial charge in [-0.25, -0.2) is 4.79 Å². The number of hydrogen-bond donors (Lipinski definition) is 3. The number of aldehydes is 1. The summed E-state index contributed by atoms with van der Waals surface area (Å²) in [6, 6.07) is 1.35. The molecule has 0 aliphatic carbocycles. The number of benzene rings is 1. The average molecular weight is 346 g/mol. The van der Waals surface area contributed by atoms with E-state index in [1.54, 1.807) is 13.0 Å². The monoisotopic (exact) mass is 346 g/mol. The second kappa shape index (κ2) is 5.99. The number of aliphatic hydroxyl groups excluding tert-OH is 1. The highest BCUT2D eigenvalue weighted by atomic mass is 16.6. The maximum Gasteiger partial charge on any atom is 0.348 e. The lowest BCUT2D eigenvalue weighted by atomic mass is 9.91. The van der Waals surface area contributed by atoms with Gasteiger partial charge < -0.3 is 29.2 Å². The molecule has 1 aliphatic rings. The average Bonchev–Trinajstić information content (AvgIpc) is 2.57. The van der Waals surface area contributed by atoms with Crippen LogP contribution < -0.4 is 15.1 Å². The van der Waals surface area contributed by atoms with Crippen molar-refractivity contribution in [2.75, 3.05) is 7.11 Å². The predicted octanol–water partition coefficient (Wildman–Crippen LogP) is 1.96. The molecule has 8 nitrogen and oxygen atoms in total. The van der Waals surface area contributed by atoms with Crippen LogP contribution in [0.1, 0.15) is 34.9 Å². The minimum absolute atomic E-state index is 0.0546. The Morgan fingerprint density at radius 3 is 2.56 bits per heavy atom. The number of hydrogen-bond acceptors (Lipinski definition) is 8. The lowest BCUT2D eigenvalue weighted by Gasteiger charge is -2.27. The molecule has 3 rings (SSSR count). The second-order valence-electron chi connectivity index (χ2n) is 5.20. The normalized spacial score (nSPS) is 15.4. The number of rotatable bonds is 3. The molecule has 0 amide bonds. The molecular formula is C17H14O8. The van der Waals surface area contributed by atoms with E-state index in [0.29, 0.717) is 6.29 Å². The zero-order valence-corrected chi connectivity index (χ0v) is 13.3. The summed E-state index contributed by atoms with van der Waals surface area (Å²) < 4.78 is 15.3. The molecular weight excluding hydrogens is 332 g/mol. The number of aromatic hydroxyl groups is 2. The number of methoxy groups -OCH3 is 1. The fourth-order valence-electron chi connectivity index (χ4n) is 2.80. The van der Waals surface area contributed by atoms with Gasteiger partial charge in [-0.15, -0.1) is 0 Å². The van der Waals surface area contributed by atoms with Gasteiger partial charge in [-0.3, -0.25) is 4.79 Å². The zero-order chi connectivity index (χ0) is 18.3. The molecule has 3 N–H and O–H groups in total.